The van der Waals surface area contributed by atoms with E-state index < -0.39 is 11.9 Å². The molecule has 0 aliphatic rings. The Bertz CT molecular complexity index is 525. The van der Waals surface area contributed by atoms with Crippen molar-refractivity contribution in [3.8, 4) is 0 Å². The fourth-order valence-corrected chi connectivity index (χ4v) is 2.60. The number of allylic oxidation sites excluding steroid dienone is 6. The first kappa shape index (κ1) is 28.1. The zero-order chi connectivity index (χ0) is 22.4. The van der Waals surface area contributed by atoms with Crippen LogP contribution in [0.1, 0.15) is 80.1 Å². The van der Waals surface area contributed by atoms with Crippen molar-refractivity contribution in [2.75, 3.05) is 0 Å². The summed E-state index contributed by atoms with van der Waals surface area (Å²) in [6.07, 6.45) is 11.6. The van der Waals surface area contributed by atoms with Crippen LogP contribution in [0.25, 0.3) is 0 Å². The first-order valence-corrected chi connectivity index (χ1v) is 9.76. The second-order valence-electron chi connectivity index (χ2n) is 8.50. The Balaban J connectivity index is 0. The van der Waals surface area contributed by atoms with Gasteiger partial charge in [0.15, 0.2) is 0 Å². The number of carboxylic acid groups (broad SMARTS) is 2. The van der Waals surface area contributed by atoms with Crippen LogP contribution >= 0.6 is 0 Å². The Labute approximate surface area is 171 Å². The van der Waals surface area contributed by atoms with Gasteiger partial charge in [0.2, 0.25) is 0 Å². The molecule has 0 heterocycles. The fourth-order valence-electron chi connectivity index (χ4n) is 2.60. The van der Waals surface area contributed by atoms with Crippen LogP contribution in [0, 0.1) is 10.8 Å². The quantitative estimate of drug-likeness (QED) is 0.358. The van der Waals surface area contributed by atoms with E-state index in [-0.39, 0.29) is 23.7 Å². The van der Waals surface area contributed by atoms with Crippen molar-refractivity contribution in [2.24, 2.45) is 10.8 Å². The van der Waals surface area contributed by atoms with E-state index in [1.807, 2.05) is 41.5 Å². The molecule has 0 aliphatic carbocycles. The van der Waals surface area contributed by atoms with E-state index in [0.717, 1.165) is 25.7 Å². The number of aliphatic carboxylic acids is 2. The van der Waals surface area contributed by atoms with Gasteiger partial charge in [-0.1, -0.05) is 49.3 Å². The third-order valence-corrected chi connectivity index (χ3v) is 4.63. The second-order valence-corrected chi connectivity index (χ2v) is 8.50. The molecule has 2 atom stereocenters. The summed E-state index contributed by atoms with van der Waals surface area (Å²) in [5, 5.41) is 17.5. The molecule has 160 valence electrons. The van der Waals surface area contributed by atoms with E-state index in [1.165, 1.54) is 11.1 Å². The van der Waals surface area contributed by atoms with Crippen LogP contribution < -0.4 is 0 Å². The zero-order valence-electron chi connectivity index (χ0n) is 18.7. The van der Waals surface area contributed by atoms with E-state index >= 15 is 0 Å². The Morgan fingerprint density at radius 2 is 1.04 bits per heavy atom. The Morgan fingerprint density at radius 1 is 0.750 bits per heavy atom. The number of rotatable bonds is 12. The summed E-state index contributed by atoms with van der Waals surface area (Å²) in [6, 6.07) is 0. The lowest BCUT2D eigenvalue weighted by Gasteiger charge is -2.22. The van der Waals surface area contributed by atoms with Gasteiger partial charge in [-0.2, -0.15) is 0 Å². The highest BCUT2D eigenvalue weighted by Crippen LogP contribution is 2.30. The van der Waals surface area contributed by atoms with Crippen LogP contribution in [0.4, 0.5) is 0 Å². The second kappa shape index (κ2) is 14.0. The molecule has 0 fully saturated rings. The van der Waals surface area contributed by atoms with Crippen LogP contribution in [0.5, 0.6) is 0 Å². The molecule has 2 N–H and O–H groups in total. The Hall–Kier alpha value is -2.10. The van der Waals surface area contributed by atoms with Gasteiger partial charge in [0.1, 0.15) is 0 Å². The van der Waals surface area contributed by atoms with Crippen LogP contribution in [0.15, 0.2) is 48.6 Å². The molecule has 4 nitrogen and oxygen atoms in total. The lowest BCUT2D eigenvalue weighted by atomic mass is 9.82. The first-order chi connectivity index (χ1) is 12.8. The molecule has 0 aromatic carbocycles. The predicted molar refractivity (Wildman–Crippen MR) is 118 cm³/mol. The molecule has 28 heavy (non-hydrogen) atoms. The summed E-state index contributed by atoms with van der Waals surface area (Å²) in [5.41, 5.74) is 1.98. The van der Waals surface area contributed by atoms with Gasteiger partial charge in [-0.3, -0.25) is 9.59 Å². The maximum Gasteiger partial charge on any atom is 0.304 e. The van der Waals surface area contributed by atoms with Gasteiger partial charge in [0.05, 0.1) is 12.8 Å². The van der Waals surface area contributed by atoms with Crippen molar-refractivity contribution in [2.45, 2.75) is 80.1 Å². The third-order valence-electron chi connectivity index (χ3n) is 4.63. The van der Waals surface area contributed by atoms with Gasteiger partial charge in [-0.05, 0) is 64.2 Å². The number of carbonyl (C=O) groups is 2. The smallest absolute Gasteiger partial charge is 0.304 e. The zero-order valence-corrected chi connectivity index (χ0v) is 18.7. The minimum atomic E-state index is -0.760. The summed E-state index contributed by atoms with van der Waals surface area (Å²) in [6.45, 7) is 19.5. The van der Waals surface area contributed by atoms with Gasteiger partial charge >= 0.3 is 11.9 Å². The maximum absolute atomic E-state index is 10.6. The SMILES string of the molecule is C=CC(C)(CCC=C(C)C)CC(=O)O.C=CC(C)(CCC=C(C)C)CC(=O)O. The van der Waals surface area contributed by atoms with E-state index in [9.17, 15) is 9.59 Å². The Morgan fingerprint density at radius 3 is 1.21 bits per heavy atom. The van der Waals surface area contributed by atoms with Gasteiger partial charge in [0, 0.05) is 0 Å². The van der Waals surface area contributed by atoms with Crippen molar-refractivity contribution in [3.63, 3.8) is 0 Å². The maximum atomic E-state index is 10.6. The van der Waals surface area contributed by atoms with Crippen molar-refractivity contribution < 1.29 is 19.8 Å². The summed E-state index contributed by atoms with van der Waals surface area (Å²) in [5.74, 6) is -1.52. The average Bonchev–Trinajstić information content (AvgIpc) is 2.53. The molecule has 0 rings (SSSR count). The van der Waals surface area contributed by atoms with Crippen LogP contribution in [-0.2, 0) is 9.59 Å². The van der Waals surface area contributed by atoms with Crippen molar-refractivity contribution >= 4 is 11.9 Å². The highest BCUT2D eigenvalue weighted by Gasteiger charge is 2.23. The molecule has 2 unspecified atom stereocenters. The standard InChI is InChI=1S/2C12H20O2/c2*1-5-12(4,9-11(13)14)8-6-7-10(2)3/h2*5,7H,1,6,8-9H2,2-4H3,(H,13,14). The fraction of sp³-hybridized carbons (Fsp3) is 0.583. The Kier molecular flexibility index (Phi) is 14.0. The van der Waals surface area contributed by atoms with Crippen LogP contribution in [0.2, 0.25) is 0 Å². The molecule has 0 aromatic rings. The summed E-state index contributed by atoms with van der Waals surface area (Å²) < 4.78 is 0. The lowest BCUT2D eigenvalue weighted by Crippen LogP contribution is -2.17. The van der Waals surface area contributed by atoms with Crippen molar-refractivity contribution in [1.82, 2.24) is 0 Å². The molecule has 0 saturated heterocycles. The van der Waals surface area contributed by atoms with Crippen molar-refractivity contribution in [3.05, 3.63) is 48.6 Å². The predicted octanol–water partition coefficient (Wildman–Crippen LogP) is 6.80. The highest BCUT2D eigenvalue weighted by atomic mass is 16.4. The number of hydrogen-bond donors (Lipinski definition) is 2. The normalized spacial score (nSPS) is 14.2. The molecular formula is C24H40O4. The van der Waals surface area contributed by atoms with Gasteiger partial charge in [-0.15, -0.1) is 13.2 Å². The van der Waals surface area contributed by atoms with E-state index in [1.54, 1.807) is 12.2 Å². The van der Waals surface area contributed by atoms with Crippen molar-refractivity contribution in [1.29, 1.82) is 0 Å². The van der Waals surface area contributed by atoms with Gasteiger partial charge in [-0.25, -0.2) is 0 Å². The topological polar surface area (TPSA) is 74.6 Å². The molecule has 0 radical (unpaired) electrons. The van der Waals surface area contributed by atoms with E-state index in [4.69, 9.17) is 10.2 Å². The molecule has 0 amide bonds. The molecule has 0 saturated carbocycles. The minimum Gasteiger partial charge on any atom is -0.481 e. The van der Waals surface area contributed by atoms with Crippen LogP contribution in [0.3, 0.4) is 0 Å². The number of carboxylic acids is 2. The molecule has 0 bridgehead atoms. The molecule has 4 heteroatoms. The first-order valence-electron chi connectivity index (χ1n) is 9.76. The summed E-state index contributed by atoms with van der Waals surface area (Å²) in [4.78, 5) is 21.2. The molecule has 0 aromatic heterocycles. The van der Waals surface area contributed by atoms with Gasteiger partial charge < -0.3 is 10.2 Å². The lowest BCUT2D eigenvalue weighted by molar-refractivity contribution is -0.140. The molecule has 0 aliphatic heterocycles. The molecule has 0 spiro atoms. The number of hydrogen-bond acceptors (Lipinski definition) is 2. The monoisotopic (exact) mass is 392 g/mol. The summed E-state index contributed by atoms with van der Waals surface area (Å²) >= 11 is 0. The average molecular weight is 393 g/mol. The minimum absolute atomic E-state index is 0.160. The van der Waals surface area contributed by atoms with E-state index in [0.29, 0.717) is 0 Å². The third kappa shape index (κ3) is 16.1. The molecular weight excluding hydrogens is 352 g/mol. The highest BCUT2D eigenvalue weighted by molar-refractivity contribution is 5.68. The summed E-state index contributed by atoms with van der Waals surface area (Å²) in [7, 11) is 0. The van der Waals surface area contributed by atoms with Gasteiger partial charge in [0.25, 0.3) is 0 Å². The van der Waals surface area contributed by atoms with E-state index in [2.05, 4.69) is 25.3 Å². The van der Waals surface area contributed by atoms with Crippen LogP contribution in [-0.4, -0.2) is 22.2 Å². The largest absolute Gasteiger partial charge is 0.481 e.